The van der Waals surface area contributed by atoms with Crippen LogP contribution in [0.4, 0.5) is 5.69 Å². The Bertz CT molecular complexity index is 707. The molecule has 7 nitrogen and oxygen atoms in total. The van der Waals surface area contributed by atoms with Crippen LogP contribution >= 0.6 is 0 Å². The van der Waals surface area contributed by atoms with Crippen molar-refractivity contribution in [2.24, 2.45) is 0 Å². The molecule has 2 amide bonds. The molecule has 0 unspecified atom stereocenters. The normalized spacial score (nSPS) is 19.0. The molecular weight excluding hydrogens is 312 g/mol. The van der Waals surface area contributed by atoms with E-state index in [0.29, 0.717) is 24.5 Å². The maximum atomic E-state index is 12.7. The first-order valence-corrected chi connectivity index (χ1v) is 7.96. The number of anilines is 1. The number of carboxylic acid groups (broad SMARTS) is 1. The summed E-state index contributed by atoms with van der Waals surface area (Å²) in [4.78, 5) is 39.5. The fourth-order valence-electron chi connectivity index (χ4n) is 3.06. The number of fused-ring (bicyclic) bond motifs is 1. The Morgan fingerprint density at radius 1 is 1.25 bits per heavy atom. The van der Waals surface area contributed by atoms with Gasteiger partial charge in [0.05, 0.1) is 11.3 Å². The molecule has 0 radical (unpaired) electrons. The Morgan fingerprint density at radius 2 is 1.92 bits per heavy atom. The molecule has 0 bridgehead atoms. The van der Waals surface area contributed by atoms with Gasteiger partial charge in [-0.2, -0.15) is 0 Å². The fourth-order valence-corrected chi connectivity index (χ4v) is 3.06. The topological polar surface area (TPSA) is 87.2 Å². The third-order valence-electron chi connectivity index (χ3n) is 4.37. The first-order chi connectivity index (χ1) is 11.3. The highest BCUT2D eigenvalue weighted by Gasteiger charge is 2.42. The molecule has 0 saturated carbocycles. The number of carbonyl (C=O) groups is 3. The average molecular weight is 332 g/mol. The van der Waals surface area contributed by atoms with Gasteiger partial charge in [0.25, 0.3) is 5.91 Å². The molecule has 128 valence electrons. The highest BCUT2D eigenvalue weighted by Crippen LogP contribution is 2.38. The monoisotopic (exact) mass is 332 g/mol. The van der Waals surface area contributed by atoms with Crippen molar-refractivity contribution >= 4 is 23.5 Å². The molecule has 1 saturated heterocycles. The summed E-state index contributed by atoms with van der Waals surface area (Å²) >= 11 is 0. The van der Waals surface area contributed by atoms with Crippen LogP contribution in [0, 0.1) is 0 Å². The highest BCUT2D eigenvalue weighted by molar-refractivity contribution is 6.06. The average Bonchev–Trinajstić information content (AvgIpc) is 3.05. The van der Waals surface area contributed by atoms with E-state index in [4.69, 9.17) is 4.74 Å². The zero-order valence-corrected chi connectivity index (χ0v) is 13.7. The maximum absolute atomic E-state index is 12.7. The SMILES string of the molecule is CC1(C)Oc2ccc(C(=O)O)cc2N(CC(=O)N2CCCC2)C1=O. The van der Waals surface area contributed by atoms with Crippen LogP contribution in [-0.4, -0.2) is 53.0 Å². The largest absolute Gasteiger partial charge is 0.478 e. The lowest BCUT2D eigenvalue weighted by atomic mass is 10.0. The van der Waals surface area contributed by atoms with Gasteiger partial charge >= 0.3 is 5.97 Å². The van der Waals surface area contributed by atoms with Crippen molar-refractivity contribution in [1.29, 1.82) is 0 Å². The van der Waals surface area contributed by atoms with E-state index in [1.165, 1.54) is 23.1 Å². The molecule has 7 heteroatoms. The number of aromatic carboxylic acids is 1. The van der Waals surface area contributed by atoms with Crippen LogP contribution in [0.25, 0.3) is 0 Å². The van der Waals surface area contributed by atoms with Crippen LogP contribution in [0.2, 0.25) is 0 Å². The summed E-state index contributed by atoms with van der Waals surface area (Å²) in [6.45, 7) is 4.56. The van der Waals surface area contributed by atoms with Crippen LogP contribution in [-0.2, 0) is 9.59 Å². The summed E-state index contributed by atoms with van der Waals surface area (Å²) < 4.78 is 5.69. The first kappa shape index (κ1) is 16.3. The van der Waals surface area contributed by atoms with Gasteiger partial charge in [0.1, 0.15) is 12.3 Å². The lowest BCUT2D eigenvalue weighted by molar-refractivity contribution is -0.136. The molecule has 2 aliphatic heterocycles. The third-order valence-corrected chi connectivity index (χ3v) is 4.37. The van der Waals surface area contributed by atoms with Gasteiger partial charge in [-0.15, -0.1) is 0 Å². The number of likely N-dealkylation sites (tertiary alicyclic amines) is 1. The molecule has 0 aromatic heterocycles. The summed E-state index contributed by atoms with van der Waals surface area (Å²) in [5.74, 6) is -1.19. The molecule has 1 aromatic rings. The molecule has 0 atom stereocenters. The summed E-state index contributed by atoms with van der Waals surface area (Å²) in [7, 11) is 0. The van der Waals surface area contributed by atoms with Crippen LogP contribution in [0.15, 0.2) is 18.2 Å². The van der Waals surface area contributed by atoms with Crippen LogP contribution in [0.1, 0.15) is 37.0 Å². The lowest BCUT2D eigenvalue weighted by Crippen LogP contribution is -2.55. The van der Waals surface area contributed by atoms with Crippen molar-refractivity contribution < 1.29 is 24.2 Å². The number of benzene rings is 1. The number of ether oxygens (including phenoxy) is 1. The van der Waals surface area contributed by atoms with E-state index in [2.05, 4.69) is 0 Å². The molecular formula is C17H20N2O5. The van der Waals surface area contributed by atoms with Crippen molar-refractivity contribution in [3.05, 3.63) is 23.8 Å². The predicted octanol–water partition coefficient (Wildman–Crippen LogP) is 1.51. The van der Waals surface area contributed by atoms with E-state index < -0.39 is 11.6 Å². The van der Waals surface area contributed by atoms with E-state index in [0.717, 1.165) is 12.8 Å². The summed E-state index contributed by atoms with van der Waals surface area (Å²) in [6, 6.07) is 4.33. The second-order valence-electron chi connectivity index (χ2n) is 6.58. The number of carbonyl (C=O) groups excluding carboxylic acids is 2. The van der Waals surface area contributed by atoms with Gasteiger partial charge < -0.3 is 14.7 Å². The molecule has 2 aliphatic rings. The molecule has 3 rings (SSSR count). The Kier molecular flexibility index (Phi) is 3.95. The molecule has 0 spiro atoms. The molecule has 1 fully saturated rings. The molecule has 1 aromatic carbocycles. The van der Waals surface area contributed by atoms with Gasteiger partial charge in [0.2, 0.25) is 5.91 Å². The zero-order valence-electron chi connectivity index (χ0n) is 13.7. The van der Waals surface area contributed by atoms with E-state index in [9.17, 15) is 19.5 Å². The lowest BCUT2D eigenvalue weighted by Gasteiger charge is -2.39. The number of nitrogens with zero attached hydrogens (tertiary/aromatic N) is 2. The van der Waals surface area contributed by atoms with Crippen molar-refractivity contribution in [2.75, 3.05) is 24.5 Å². The molecule has 0 aliphatic carbocycles. The maximum Gasteiger partial charge on any atom is 0.335 e. The van der Waals surface area contributed by atoms with Crippen molar-refractivity contribution in [2.45, 2.75) is 32.3 Å². The standard InChI is InChI=1S/C17H20N2O5/c1-17(2)16(23)19(10-14(20)18-7-3-4-8-18)12-9-11(15(21)22)5-6-13(12)24-17/h5-6,9H,3-4,7-8,10H2,1-2H3,(H,21,22). The smallest absolute Gasteiger partial charge is 0.335 e. The van der Waals surface area contributed by atoms with Gasteiger partial charge in [0, 0.05) is 13.1 Å². The van der Waals surface area contributed by atoms with Gasteiger partial charge in [-0.1, -0.05) is 0 Å². The molecule has 24 heavy (non-hydrogen) atoms. The third kappa shape index (κ3) is 2.81. The highest BCUT2D eigenvalue weighted by atomic mass is 16.5. The number of rotatable bonds is 3. The van der Waals surface area contributed by atoms with Gasteiger partial charge in [-0.05, 0) is 44.9 Å². The number of carboxylic acids is 1. The van der Waals surface area contributed by atoms with Crippen LogP contribution in [0.3, 0.4) is 0 Å². The van der Waals surface area contributed by atoms with Gasteiger partial charge in [-0.25, -0.2) is 4.79 Å². The van der Waals surface area contributed by atoms with Crippen molar-refractivity contribution in [3.63, 3.8) is 0 Å². The minimum absolute atomic E-state index is 0.0449. The van der Waals surface area contributed by atoms with Crippen LogP contribution in [0.5, 0.6) is 5.75 Å². The van der Waals surface area contributed by atoms with E-state index in [1.54, 1.807) is 18.7 Å². The fraction of sp³-hybridized carbons (Fsp3) is 0.471. The quantitative estimate of drug-likeness (QED) is 0.906. The van der Waals surface area contributed by atoms with Gasteiger partial charge in [-0.3, -0.25) is 14.5 Å². The van der Waals surface area contributed by atoms with Crippen LogP contribution < -0.4 is 9.64 Å². The number of hydrogen-bond donors (Lipinski definition) is 1. The van der Waals surface area contributed by atoms with E-state index >= 15 is 0 Å². The second-order valence-corrected chi connectivity index (χ2v) is 6.58. The molecule has 1 N–H and O–H groups in total. The summed E-state index contributed by atoms with van der Waals surface area (Å²) in [6.07, 6.45) is 1.93. The minimum Gasteiger partial charge on any atom is -0.478 e. The number of hydrogen-bond acceptors (Lipinski definition) is 4. The minimum atomic E-state index is -1.11. The van der Waals surface area contributed by atoms with Gasteiger partial charge in [0.15, 0.2) is 5.60 Å². The zero-order chi connectivity index (χ0) is 17.5. The Hall–Kier alpha value is -2.57. The Labute approximate surface area is 139 Å². The molecule has 2 heterocycles. The summed E-state index contributed by atoms with van der Waals surface area (Å²) in [5.41, 5.74) is -0.738. The summed E-state index contributed by atoms with van der Waals surface area (Å²) in [5, 5.41) is 9.18. The van der Waals surface area contributed by atoms with Crippen molar-refractivity contribution in [3.8, 4) is 5.75 Å². The second kappa shape index (κ2) is 5.81. The van der Waals surface area contributed by atoms with E-state index in [1.807, 2.05) is 0 Å². The Balaban J connectivity index is 1.96. The Morgan fingerprint density at radius 3 is 2.54 bits per heavy atom. The van der Waals surface area contributed by atoms with Crippen molar-refractivity contribution in [1.82, 2.24) is 4.90 Å². The number of amides is 2. The van der Waals surface area contributed by atoms with E-state index in [-0.39, 0.29) is 23.9 Å². The first-order valence-electron chi connectivity index (χ1n) is 7.96. The predicted molar refractivity (Wildman–Crippen MR) is 86.3 cm³/mol.